The molecule has 6 aromatic carbocycles. The third-order valence-electron chi connectivity index (χ3n) is 6.68. The molecule has 240 valence electrons. The Balaban J connectivity index is 0.000000290. The molecule has 0 nitrogen and oxygen atoms in total. The fourth-order valence-electron chi connectivity index (χ4n) is 4.20. The van der Waals surface area contributed by atoms with Crippen molar-refractivity contribution in [2.75, 3.05) is 0 Å². The van der Waals surface area contributed by atoms with E-state index in [0.29, 0.717) is 0 Å². The standard InChI is InChI=1S/2C9H7.2C7H8Si.2C5H5.2ClH.2Zr/c2*1-2-5-9-7-3-6-8(9)4-1;2*1-8-7-5-3-2-4-6-7;2*1-2-4-5-3-1;;;;/h2*1-7H;2*2-6H,1H3;2*1-3H,4H2;2*1H;;/q2*-1;;;2*-1;;;2*+2/p-2. The molecule has 0 amide bonds. The molecule has 8 rings (SSSR count). The van der Waals surface area contributed by atoms with Gasteiger partial charge >= 0.3 is 142 Å². The summed E-state index contributed by atoms with van der Waals surface area (Å²) in [4.78, 5) is 0. The van der Waals surface area contributed by atoms with Crippen molar-refractivity contribution in [3.8, 4) is 0 Å². The smallest absolute Gasteiger partial charge is 0.0809 e. The summed E-state index contributed by atoms with van der Waals surface area (Å²) in [6.07, 6.45) is 20.0. The fourth-order valence-corrected chi connectivity index (χ4v) is 8.04. The van der Waals surface area contributed by atoms with Crippen molar-refractivity contribution >= 4 is 42.8 Å². The van der Waals surface area contributed by atoms with Gasteiger partial charge in [-0.05, 0) is 0 Å². The van der Waals surface area contributed by atoms with E-state index >= 15 is 0 Å². The Morgan fingerprint density at radius 1 is 0.500 bits per heavy atom. The maximum absolute atomic E-state index is 2.99. The molecule has 2 aliphatic carbocycles. The quantitative estimate of drug-likeness (QED) is 0.184. The number of fused-ring (bicyclic) bond motifs is 2. The van der Waals surface area contributed by atoms with E-state index in [1.807, 2.05) is 24.3 Å². The number of hydrogen-bond donors (Lipinski definition) is 0. The van der Waals surface area contributed by atoms with Crippen molar-refractivity contribution in [2.45, 2.75) is 25.9 Å². The fraction of sp³-hybridized carbons (Fsp3) is 0.0952. The van der Waals surface area contributed by atoms with Gasteiger partial charge in [0.25, 0.3) is 0 Å². The molecule has 0 aliphatic heterocycles. The minimum absolute atomic E-state index is 0. The second kappa shape index (κ2) is 27.6. The summed E-state index contributed by atoms with van der Waals surface area (Å²) in [5.74, 6) is 0. The van der Waals surface area contributed by atoms with Gasteiger partial charge in [0.15, 0.2) is 0 Å². The van der Waals surface area contributed by atoms with Crippen molar-refractivity contribution < 1.29 is 71.5 Å². The summed E-state index contributed by atoms with van der Waals surface area (Å²) >= 11 is 3.38. The molecule has 0 unspecified atom stereocenters. The molecule has 0 saturated heterocycles. The van der Waals surface area contributed by atoms with E-state index in [0.717, 1.165) is 12.8 Å². The summed E-state index contributed by atoms with van der Waals surface area (Å²) < 4.78 is 0. The van der Waals surface area contributed by atoms with Crippen molar-refractivity contribution in [1.29, 1.82) is 0 Å². The van der Waals surface area contributed by atoms with Gasteiger partial charge in [-0.3, -0.25) is 12.2 Å². The molecule has 2 aliphatic rings. The predicted octanol–water partition coefficient (Wildman–Crippen LogP) is 3.86. The summed E-state index contributed by atoms with van der Waals surface area (Å²) in [6.45, 7) is 4.69. The van der Waals surface area contributed by atoms with E-state index in [4.69, 9.17) is 0 Å². The van der Waals surface area contributed by atoms with Crippen LogP contribution >= 0.6 is 0 Å². The monoisotopic (exact) mass is 850 g/mol. The molecule has 0 fully saturated rings. The van der Waals surface area contributed by atoms with Gasteiger partial charge in [-0.15, -0.1) is 72.1 Å². The zero-order valence-electron chi connectivity index (χ0n) is 27.5. The molecule has 6 aromatic rings. The van der Waals surface area contributed by atoms with Gasteiger partial charge in [-0.1, -0.05) is 12.1 Å². The molecule has 6 heteroatoms. The van der Waals surface area contributed by atoms with Crippen LogP contribution in [0.3, 0.4) is 0 Å². The molecule has 0 aromatic heterocycles. The van der Waals surface area contributed by atoms with E-state index in [2.05, 4.69) is 183 Å². The average Bonchev–Trinajstić information content (AvgIpc) is 3.96. The second-order valence-electron chi connectivity index (χ2n) is 10.3. The number of rotatable bonds is 2. The normalized spacial score (nSPS) is 11.0. The summed E-state index contributed by atoms with van der Waals surface area (Å²) in [5.41, 5.74) is -0.244. The van der Waals surface area contributed by atoms with Crippen LogP contribution in [0, 0.1) is 12.2 Å². The molecule has 0 spiro atoms. The van der Waals surface area contributed by atoms with Crippen molar-refractivity contribution in [2.24, 2.45) is 0 Å². The van der Waals surface area contributed by atoms with Crippen LogP contribution in [-0.2, 0) is 46.7 Å². The first-order chi connectivity index (χ1) is 22.5. The molecule has 0 heterocycles. The van der Waals surface area contributed by atoms with Gasteiger partial charge in [-0.25, -0.2) is 24.3 Å². The van der Waals surface area contributed by atoms with Crippen LogP contribution in [-0.4, -0.2) is 10.9 Å². The Hall–Kier alpha value is -2.16. The van der Waals surface area contributed by atoms with Gasteiger partial charge in [0.2, 0.25) is 0 Å². The topological polar surface area (TPSA) is 0 Å². The van der Waals surface area contributed by atoms with Gasteiger partial charge in [0.05, 0.1) is 0 Å². The maximum atomic E-state index is 2.99. The van der Waals surface area contributed by atoms with Crippen LogP contribution in [0.4, 0.5) is 0 Å². The first kappa shape index (κ1) is 43.9. The van der Waals surface area contributed by atoms with Gasteiger partial charge in [0.1, 0.15) is 0 Å². The number of benzene rings is 4. The Labute approximate surface area is 331 Å². The molecule has 0 N–H and O–H groups in total. The van der Waals surface area contributed by atoms with Crippen LogP contribution < -0.4 is 35.2 Å². The number of hydrogen-bond acceptors (Lipinski definition) is 0. The SMILES string of the molecule is C[Si](=[Zr+2])c1ccccc1.C[Si](=[Zr+2])c1ccccc1.[C-]1=CC=CC1.[C-]1=CC=CC1.[Cl-].[Cl-].c1ccc2[cH-]ccc2c1.c1ccc2[cH-]ccc2c1. The first-order valence-corrected chi connectivity index (χ1v) is 26.8. The van der Waals surface area contributed by atoms with Crippen LogP contribution in [0.25, 0.3) is 21.5 Å². The summed E-state index contributed by atoms with van der Waals surface area (Å²) in [7, 11) is 0. The van der Waals surface area contributed by atoms with E-state index < -0.39 is 0 Å². The summed E-state index contributed by atoms with van der Waals surface area (Å²) in [5, 5.41) is 8.44. The molecule has 0 bridgehead atoms. The van der Waals surface area contributed by atoms with Crippen LogP contribution in [0.2, 0.25) is 13.1 Å². The van der Waals surface area contributed by atoms with E-state index in [1.54, 1.807) is 57.0 Å². The number of allylic oxidation sites excluding steroid dienone is 8. The number of halogens is 2. The Kier molecular flexibility index (Phi) is 25.3. The maximum Gasteiger partial charge on any atom is -0.0809 e. The Morgan fingerprint density at radius 2 is 0.854 bits per heavy atom. The third-order valence-corrected chi connectivity index (χ3v) is 13.3. The van der Waals surface area contributed by atoms with Gasteiger partial charge in [-0.2, -0.15) is 47.2 Å². The minimum Gasteiger partial charge on any atom is -1.00 e. The predicted molar refractivity (Wildman–Crippen MR) is 198 cm³/mol. The molecule has 0 atom stereocenters. The van der Waals surface area contributed by atoms with E-state index in [9.17, 15) is 0 Å². The second-order valence-corrected chi connectivity index (χ2v) is 25.0. The molecule has 0 saturated carbocycles. The largest absolute Gasteiger partial charge is 1.00 e. The van der Waals surface area contributed by atoms with Crippen LogP contribution in [0.5, 0.6) is 0 Å². The van der Waals surface area contributed by atoms with Crippen LogP contribution in [0.15, 0.2) is 182 Å². The third kappa shape index (κ3) is 18.6. The first-order valence-electron chi connectivity index (χ1n) is 15.4. The van der Waals surface area contributed by atoms with Crippen molar-refractivity contribution in [1.82, 2.24) is 0 Å². The van der Waals surface area contributed by atoms with Gasteiger partial charge in [0, 0.05) is 0 Å². The Bertz CT molecular complexity index is 1630. The average molecular weight is 854 g/mol. The molecular formula is C42H40Cl2Si2Zr2-2. The van der Waals surface area contributed by atoms with E-state index in [1.165, 1.54) is 21.5 Å². The van der Waals surface area contributed by atoms with Crippen LogP contribution in [0.1, 0.15) is 12.8 Å². The van der Waals surface area contributed by atoms with Gasteiger partial charge < -0.3 is 24.8 Å². The zero-order chi connectivity index (χ0) is 32.7. The van der Waals surface area contributed by atoms with E-state index in [-0.39, 0.29) is 35.7 Å². The minimum atomic E-state index is -0.122. The van der Waals surface area contributed by atoms with Crippen molar-refractivity contribution in [3.63, 3.8) is 0 Å². The Morgan fingerprint density at radius 3 is 1.10 bits per heavy atom. The summed E-state index contributed by atoms with van der Waals surface area (Å²) in [6, 6.07) is 50.9. The molecule has 48 heavy (non-hydrogen) atoms. The zero-order valence-corrected chi connectivity index (χ0v) is 35.9. The molecule has 0 radical (unpaired) electrons. The van der Waals surface area contributed by atoms with Crippen molar-refractivity contribution in [3.05, 3.63) is 194 Å². The molecular weight excluding hydrogens is 814 g/mol.